The maximum Gasteiger partial charge on any atom is 0.223 e. The summed E-state index contributed by atoms with van der Waals surface area (Å²) >= 11 is 3.45. The maximum atomic E-state index is 12.3. The molecule has 1 rings (SSSR count). The van der Waals surface area contributed by atoms with Gasteiger partial charge in [-0.2, -0.15) is 0 Å². The SMILES string of the molecule is CC(CC(=O)N1CCOCC1CBr)C(C)(C)C. The van der Waals surface area contributed by atoms with E-state index in [4.69, 9.17) is 4.74 Å². The first-order chi connectivity index (χ1) is 7.86. The molecule has 0 bridgehead atoms. The molecule has 1 aliphatic rings. The van der Waals surface area contributed by atoms with Crippen LogP contribution in [-0.4, -0.2) is 41.9 Å². The van der Waals surface area contributed by atoms with Crippen molar-refractivity contribution < 1.29 is 9.53 Å². The molecule has 1 amide bonds. The first-order valence-electron chi connectivity index (χ1n) is 6.29. The Labute approximate surface area is 113 Å². The molecule has 0 aromatic carbocycles. The van der Waals surface area contributed by atoms with Crippen LogP contribution in [0.5, 0.6) is 0 Å². The van der Waals surface area contributed by atoms with E-state index in [0.717, 1.165) is 11.9 Å². The molecule has 0 N–H and O–H groups in total. The summed E-state index contributed by atoms with van der Waals surface area (Å²) in [7, 11) is 0. The van der Waals surface area contributed by atoms with Crippen molar-refractivity contribution in [2.24, 2.45) is 11.3 Å². The van der Waals surface area contributed by atoms with Crippen LogP contribution in [0.3, 0.4) is 0 Å². The number of halogens is 1. The van der Waals surface area contributed by atoms with E-state index < -0.39 is 0 Å². The molecular formula is C13H24BrNO2. The summed E-state index contributed by atoms with van der Waals surface area (Å²) in [6.07, 6.45) is 0.632. The minimum atomic E-state index is 0.186. The van der Waals surface area contributed by atoms with Gasteiger partial charge in [-0.3, -0.25) is 4.79 Å². The van der Waals surface area contributed by atoms with Crippen LogP contribution in [0.2, 0.25) is 0 Å². The van der Waals surface area contributed by atoms with Crippen LogP contribution >= 0.6 is 15.9 Å². The van der Waals surface area contributed by atoms with Crippen molar-refractivity contribution in [2.45, 2.75) is 40.2 Å². The molecule has 0 aromatic rings. The van der Waals surface area contributed by atoms with Crippen molar-refractivity contribution in [3.05, 3.63) is 0 Å². The van der Waals surface area contributed by atoms with Crippen molar-refractivity contribution in [3.63, 3.8) is 0 Å². The molecule has 2 atom stereocenters. The quantitative estimate of drug-likeness (QED) is 0.750. The van der Waals surface area contributed by atoms with Gasteiger partial charge < -0.3 is 9.64 Å². The Hall–Kier alpha value is -0.0900. The molecule has 0 aliphatic carbocycles. The van der Waals surface area contributed by atoms with Gasteiger partial charge in [-0.1, -0.05) is 43.6 Å². The Balaban J connectivity index is 2.56. The summed E-state index contributed by atoms with van der Waals surface area (Å²) in [5, 5.41) is 0.794. The number of carbonyl (C=O) groups is 1. The zero-order valence-corrected chi connectivity index (χ0v) is 12.9. The Morgan fingerprint density at radius 2 is 2.18 bits per heavy atom. The van der Waals surface area contributed by atoms with Crippen LogP contribution < -0.4 is 0 Å². The van der Waals surface area contributed by atoms with Crippen molar-refractivity contribution in [1.29, 1.82) is 0 Å². The molecule has 0 saturated carbocycles. The van der Waals surface area contributed by atoms with E-state index in [1.165, 1.54) is 0 Å². The lowest BCUT2D eigenvalue weighted by molar-refractivity contribution is -0.140. The molecular weight excluding hydrogens is 282 g/mol. The zero-order valence-electron chi connectivity index (χ0n) is 11.3. The van der Waals surface area contributed by atoms with E-state index in [-0.39, 0.29) is 17.4 Å². The summed E-state index contributed by atoms with van der Waals surface area (Å²) in [5.41, 5.74) is 0.186. The van der Waals surface area contributed by atoms with Crippen LogP contribution in [0.15, 0.2) is 0 Å². The molecule has 1 saturated heterocycles. The number of morpholine rings is 1. The van der Waals surface area contributed by atoms with Gasteiger partial charge in [0.05, 0.1) is 19.3 Å². The Morgan fingerprint density at radius 3 is 2.71 bits per heavy atom. The number of carbonyl (C=O) groups excluding carboxylic acids is 1. The molecule has 1 fully saturated rings. The highest BCUT2D eigenvalue weighted by atomic mass is 79.9. The number of amides is 1. The van der Waals surface area contributed by atoms with Crippen molar-refractivity contribution in [3.8, 4) is 0 Å². The van der Waals surface area contributed by atoms with Crippen LogP contribution in [0, 0.1) is 11.3 Å². The summed E-state index contributed by atoms with van der Waals surface area (Å²) in [6, 6.07) is 0.198. The second-order valence-corrected chi connectivity index (χ2v) is 6.59. The third kappa shape index (κ3) is 4.25. The smallest absolute Gasteiger partial charge is 0.223 e. The second kappa shape index (κ2) is 6.19. The fourth-order valence-corrected chi connectivity index (χ4v) is 2.33. The number of ether oxygens (including phenoxy) is 1. The van der Waals surface area contributed by atoms with Gasteiger partial charge in [0.2, 0.25) is 5.91 Å². The topological polar surface area (TPSA) is 29.5 Å². The lowest BCUT2D eigenvalue weighted by atomic mass is 9.80. The van der Waals surface area contributed by atoms with Gasteiger partial charge in [-0.15, -0.1) is 0 Å². The molecule has 4 heteroatoms. The van der Waals surface area contributed by atoms with E-state index in [0.29, 0.717) is 25.6 Å². The van der Waals surface area contributed by atoms with Gasteiger partial charge in [0.15, 0.2) is 0 Å². The minimum Gasteiger partial charge on any atom is -0.377 e. The van der Waals surface area contributed by atoms with E-state index in [1.807, 2.05) is 4.90 Å². The number of nitrogens with zero attached hydrogens (tertiary/aromatic N) is 1. The average molecular weight is 306 g/mol. The number of hydrogen-bond acceptors (Lipinski definition) is 2. The monoisotopic (exact) mass is 305 g/mol. The molecule has 0 radical (unpaired) electrons. The number of alkyl halides is 1. The average Bonchev–Trinajstić information content (AvgIpc) is 2.27. The lowest BCUT2D eigenvalue weighted by Gasteiger charge is -2.36. The zero-order chi connectivity index (χ0) is 13.1. The van der Waals surface area contributed by atoms with Gasteiger partial charge in [0.25, 0.3) is 0 Å². The van der Waals surface area contributed by atoms with Gasteiger partial charge in [-0.25, -0.2) is 0 Å². The van der Waals surface area contributed by atoms with Crippen molar-refractivity contribution >= 4 is 21.8 Å². The predicted octanol–water partition coefficient (Wildman–Crippen LogP) is 2.68. The highest BCUT2D eigenvalue weighted by molar-refractivity contribution is 9.09. The lowest BCUT2D eigenvalue weighted by Crippen LogP contribution is -2.50. The molecule has 1 aliphatic heterocycles. The molecule has 3 nitrogen and oxygen atoms in total. The fraction of sp³-hybridized carbons (Fsp3) is 0.923. The third-order valence-electron chi connectivity index (χ3n) is 3.69. The molecule has 0 aromatic heterocycles. The van der Waals surface area contributed by atoms with Gasteiger partial charge >= 0.3 is 0 Å². The fourth-order valence-electron chi connectivity index (χ4n) is 1.80. The van der Waals surface area contributed by atoms with Crippen molar-refractivity contribution in [1.82, 2.24) is 4.90 Å². The first-order valence-corrected chi connectivity index (χ1v) is 7.41. The second-order valence-electron chi connectivity index (χ2n) is 5.94. The minimum absolute atomic E-state index is 0.186. The van der Waals surface area contributed by atoms with Crippen molar-refractivity contribution in [2.75, 3.05) is 25.1 Å². The predicted molar refractivity (Wildman–Crippen MR) is 73.4 cm³/mol. The van der Waals surface area contributed by atoms with E-state index >= 15 is 0 Å². The molecule has 1 heterocycles. The standard InChI is InChI=1S/C13H24BrNO2/c1-10(13(2,3)4)7-12(16)15-5-6-17-9-11(15)8-14/h10-11H,5-9H2,1-4H3. The molecule has 17 heavy (non-hydrogen) atoms. The molecule has 0 spiro atoms. The Morgan fingerprint density at radius 1 is 1.53 bits per heavy atom. The summed E-state index contributed by atoms with van der Waals surface area (Å²) < 4.78 is 5.40. The number of hydrogen-bond donors (Lipinski definition) is 0. The first kappa shape index (κ1) is 15.0. The van der Waals surface area contributed by atoms with Gasteiger partial charge in [-0.05, 0) is 11.3 Å². The van der Waals surface area contributed by atoms with Crippen LogP contribution in [0.1, 0.15) is 34.1 Å². The van der Waals surface area contributed by atoms with Gasteiger partial charge in [0.1, 0.15) is 0 Å². The Kier molecular flexibility index (Phi) is 5.45. The summed E-state index contributed by atoms with van der Waals surface area (Å²) in [4.78, 5) is 14.2. The van der Waals surface area contributed by atoms with Crippen LogP contribution in [-0.2, 0) is 9.53 Å². The number of rotatable bonds is 3. The van der Waals surface area contributed by atoms with E-state index in [2.05, 4.69) is 43.6 Å². The third-order valence-corrected chi connectivity index (χ3v) is 4.43. The normalized spacial score (nSPS) is 23.6. The largest absolute Gasteiger partial charge is 0.377 e. The van der Waals surface area contributed by atoms with E-state index in [1.54, 1.807) is 0 Å². The summed E-state index contributed by atoms with van der Waals surface area (Å²) in [6.45, 7) is 10.8. The highest BCUT2D eigenvalue weighted by Gasteiger charge is 2.30. The Bertz CT molecular complexity index is 263. The van der Waals surface area contributed by atoms with Crippen LogP contribution in [0.4, 0.5) is 0 Å². The molecule has 100 valence electrons. The summed E-state index contributed by atoms with van der Waals surface area (Å²) in [5.74, 6) is 0.661. The van der Waals surface area contributed by atoms with Gasteiger partial charge in [0, 0.05) is 18.3 Å². The van der Waals surface area contributed by atoms with E-state index in [9.17, 15) is 4.79 Å². The van der Waals surface area contributed by atoms with Crippen LogP contribution in [0.25, 0.3) is 0 Å². The maximum absolute atomic E-state index is 12.3. The highest BCUT2D eigenvalue weighted by Crippen LogP contribution is 2.29. The molecule has 2 unspecified atom stereocenters.